The average Bonchev–Trinajstić information content (AvgIpc) is 3.53. The Balaban J connectivity index is 1.55. The first-order chi connectivity index (χ1) is 17.5. The van der Waals surface area contributed by atoms with Crippen molar-refractivity contribution < 1.29 is 18.7 Å². The number of pyridine rings is 1. The van der Waals surface area contributed by atoms with E-state index >= 15 is 0 Å². The molecular weight excluding hydrogens is 498 g/mol. The number of hydrogen-bond donors (Lipinski definition) is 1. The Kier molecular flexibility index (Phi) is 6.63. The highest BCUT2D eigenvalue weighted by atomic mass is 35.5. The number of nitrogens with zero attached hydrogens (tertiary/aromatic N) is 2. The van der Waals surface area contributed by atoms with Gasteiger partial charge in [0.25, 0.3) is 0 Å². The number of furan rings is 1. The predicted octanol–water partition coefficient (Wildman–Crippen LogP) is 5.97. The fourth-order valence-electron chi connectivity index (χ4n) is 4.28. The average molecular weight is 520 g/mol. The molecule has 4 aromatic rings. The Morgan fingerprint density at radius 1 is 1.08 bits per heavy atom. The SMILES string of the molecule is COC(=O)c1ccc(-c2ccc([C@@H]3[C@@H](c4ccccn4)NC(=S)N3c3ccc(OC)c(Cl)c3)o2)cc1. The van der Waals surface area contributed by atoms with Gasteiger partial charge in [0, 0.05) is 17.4 Å². The molecule has 2 atom stereocenters. The summed E-state index contributed by atoms with van der Waals surface area (Å²) >= 11 is 12.2. The Hall–Kier alpha value is -3.88. The number of rotatable bonds is 6. The summed E-state index contributed by atoms with van der Waals surface area (Å²) < 4.78 is 16.5. The van der Waals surface area contributed by atoms with Gasteiger partial charge in [-0.1, -0.05) is 29.8 Å². The Morgan fingerprint density at radius 3 is 2.56 bits per heavy atom. The number of ether oxygens (including phenoxy) is 2. The topological polar surface area (TPSA) is 76.8 Å². The van der Waals surface area contributed by atoms with Crippen molar-refractivity contribution in [1.82, 2.24) is 10.3 Å². The zero-order valence-corrected chi connectivity index (χ0v) is 21.0. The summed E-state index contributed by atoms with van der Waals surface area (Å²) in [5.74, 6) is 1.54. The van der Waals surface area contributed by atoms with Gasteiger partial charge in [0.05, 0.1) is 36.5 Å². The molecule has 1 aliphatic heterocycles. The van der Waals surface area contributed by atoms with E-state index in [-0.39, 0.29) is 18.1 Å². The molecule has 0 saturated carbocycles. The second-order valence-electron chi connectivity index (χ2n) is 8.09. The molecule has 3 heterocycles. The standard InChI is InChI=1S/C27H22ClN3O4S/c1-33-22-11-10-18(15-19(22)28)31-25(24(30-27(31)36)20-5-3-4-14-29-20)23-13-12-21(35-23)16-6-8-17(9-7-16)26(32)34-2/h3-15,24-25H,1-2H3,(H,30,36)/t24-,25-/m1/s1. The van der Waals surface area contributed by atoms with Gasteiger partial charge in [-0.3, -0.25) is 4.98 Å². The predicted molar refractivity (Wildman–Crippen MR) is 141 cm³/mol. The van der Waals surface area contributed by atoms with Gasteiger partial charge in [-0.05, 0) is 66.8 Å². The molecule has 5 rings (SSSR count). The van der Waals surface area contributed by atoms with E-state index in [1.807, 2.05) is 65.6 Å². The van der Waals surface area contributed by atoms with Crippen LogP contribution < -0.4 is 15.0 Å². The van der Waals surface area contributed by atoms with E-state index in [1.54, 1.807) is 25.4 Å². The van der Waals surface area contributed by atoms with Crippen molar-refractivity contribution in [2.75, 3.05) is 19.1 Å². The second kappa shape index (κ2) is 10.0. The summed E-state index contributed by atoms with van der Waals surface area (Å²) in [4.78, 5) is 18.3. The molecule has 2 aromatic carbocycles. The monoisotopic (exact) mass is 519 g/mol. The first kappa shape index (κ1) is 23.8. The first-order valence-electron chi connectivity index (χ1n) is 11.1. The molecular formula is C27H22ClN3O4S. The molecule has 1 aliphatic rings. The summed E-state index contributed by atoms with van der Waals surface area (Å²) in [5, 5.41) is 4.40. The second-order valence-corrected chi connectivity index (χ2v) is 8.88. The van der Waals surface area contributed by atoms with E-state index in [2.05, 4.69) is 10.3 Å². The van der Waals surface area contributed by atoms with Gasteiger partial charge in [-0.25, -0.2) is 4.79 Å². The van der Waals surface area contributed by atoms with Crippen molar-refractivity contribution in [1.29, 1.82) is 0 Å². The zero-order valence-electron chi connectivity index (χ0n) is 19.5. The van der Waals surface area contributed by atoms with E-state index in [0.29, 0.717) is 33.0 Å². The molecule has 0 amide bonds. The van der Waals surface area contributed by atoms with Gasteiger partial charge in [-0.15, -0.1) is 0 Å². The van der Waals surface area contributed by atoms with E-state index < -0.39 is 0 Å². The third kappa shape index (κ3) is 4.41. The van der Waals surface area contributed by atoms with Gasteiger partial charge < -0.3 is 24.1 Å². The number of esters is 1. The van der Waals surface area contributed by atoms with Crippen LogP contribution in [0, 0.1) is 0 Å². The van der Waals surface area contributed by atoms with Crippen LogP contribution in [0.3, 0.4) is 0 Å². The van der Waals surface area contributed by atoms with E-state index in [9.17, 15) is 4.79 Å². The summed E-state index contributed by atoms with van der Waals surface area (Å²) in [7, 11) is 2.93. The van der Waals surface area contributed by atoms with Crippen molar-refractivity contribution in [2.45, 2.75) is 12.1 Å². The van der Waals surface area contributed by atoms with Gasteiger partial charge in [0.1, 0.15) is 23.3 Å². The normalized spacial score (nSPS) is 17.1. The lowest BCUT2D eigenvalue weighted by Gasteiger charge is -2.26. The molecule has 0 aliphatic carbocycles. The maximum atomic E-state index is 11.8. The summed E-state index contributed by atoms with van der Waals surface area (Å²) in [6.07, 6.45) is 1.75. The van der Waals surface area contributed by atoms with Crippen LogP contribution >= 0.6 is 23.8 Å². The maximum absolute atomic E-state index is 11.8. The van der Waals surface area contributed by atoms with Crippen molar-refractivity contribution >= 4 is 40.6 Å². The Labute approximate surface area is 218 Å². The highest BCUT2D eigenvalue weighted by molar-refractivity contribution is 7.80. The van der Waals surface area contributed by atoms with Crippen molar-refractivity contribution in [3.8, 4) is 17.1 Å². The number of carbonyl (C=O) groups excluding carboxylic acids is 1. The number of benzene rings is 2. The molecule has 1 N–H and O–H groups in total. The fourth-order valence-corrected chi connectivity index (χ4v) is 4.88. The number of hydrogen-bond acceptors (Lipinski definition) is 6. The Bertz CT molecular complexity index is 1410. The highest BCUT2D eigenvalue weighted by Gasteiger charge is 2.42. The Morgan fingerprint density at radius 2 is 1.89 bits per heavy atom. The molecule has 182 valence electrons. The minimum absolute atomic E-state index is 0.264. The molecule has 2 aromatic heterocycles. The number of methoxy groups -OCH3 is 2. The number of anilines is 1. The fraction of sp³-hybridized carbons (Fsp3) is 0.148. The number of halogens is 1. The minimum Gasteiger partial charge on any atom is -0.495 e. The third-order valence-corrected chi connectivity index (χ3v) is 6.63. The highest BCUT2D eigenvalue weighted by Crippen LogP contribution is 2.44. The maximum Gasteiger partial charge on any atom is 0.337 e. The van der Waals surface area contributed by atoms with Crippen LogP contribution in [0.15, 0.2) is 83.4 Å². The molecule has 0 bridgehead atoms. The van der Waals surface area contributed by atoms with Gasteiger partial charge in [-0.2, -0.15) is 0 Å². The van der Waals surface area contributed by atoms with E-state index in [0.717, 1.165) is 16.9 Å². The molecule has 1 fully saturated rings. The van der Waals surface area contributed by atoms with Crippen LogP contribution in [0.5, 0.6) is 5.75 Å². The van der Waals surface area contributed by atoms with Crippen LogP contribution in [0.1, 0.15) is 33.9 Å². The summed E-state index contributed by atoms with van der Waals surface area (Å²) in [6, 6.07) is 21.6. The lowest BCUT2D eigenvalue weighted by atomic mass is 10.0. The minimum atomic E-state index is -0.390. The largest absolute Gasteiger partial charge is 0.495 e. The van der Waals surface area contributed by atoms with Crippen molar-refractivity contribution in [3.63, 3.8) is 0 Å². The van der Waals surface area contributed by atoms with Crippen LogP contribution in [0.2, 0.25) is 5.02 Å². The van der Waals surface area contributed by atoms with Gasteiger partial charge >= 0.3 is 5.97 Å². The molecule has 0 unspecified atom stereocenters. The van der Waals surface area contributed by atoms with Crippen molar-refractivity contribution in [2.24, 2.45) is 0 Å². The van der Waals surface area contributed by atoms with E-state index in [1.165, 1.54) is 7.11 Å². The van der Waals surface area contributed by atoms with Crippen molar-refractivity contribution in [3.05, 3.63) is 101 Å². The lowest BCUT2D eigenvalue weighted by molar-refractivity contribution is 0.0600. The molecule has 36 heavy (non-hydrogen) atoms. The van der Waals surface area contributed by atoms with Gasteiger partial charge in [0.15, 0.2) is 5.11 Å². The van der Waals surface area contributed by atoms with Crippen LogP contribution in [-0.4, -0.2) is 30.3 Å². The van der Waals surface area contributed by atoms with Crippen LogP contribution in [-0.2, 0) is 4.74 Å². The third-order valence-electron chi connectivity index (χ3n) is 6.02. The molecule has 1 saturated heterocycles. The number of thiocarbonyl (C=S) groups is 1. The summed E-state index contributed by atoms with van der Waals surface area (Å²) in [6.45, 7) is 0. The van der Waals surface area contributed by atoms with Gasteiger partial charge in [0.2, 0.25) is 0 Å². The lowest BCUT2D eigenvalue weighted by Crippen LogP contribution is -2.29. The quantitative estimate of drug-likeness (QED) is 0.247. The number of carbonyl (C=O) groups is 1. The number of nitrogens with one attached hydrogen (secondary N) is 1. The van der Waals surface area contributed by atoms with Crippen LogP contribution in [0.25, 0.3) is 11.3 Å². The zero-order chi connectivity index (χ0) is 25.2. The van der Waals surface area contributed by atoms with Crippen LogP contribution in [0.4, 0.5) is 5.69 Å². The smallest absolute Gasteiger partial charge is 0.337 e. The van der Waals surface area contributed by atoms with E-state index in [4.69, 9.17) is 37.7 Å². The molecule has 0 spiro atoms. The molecule has 7 nitrogen and oxygen atoms in total. The summed E-state index contributed by atoms with van der Waals surface area (Å²) in [5.41, 5.74) is 2.92. The first-order valence-corrected chi connectivity index (χ1v) is 11.9. The molecule has 9 heteroatoms. The molecule has 0 radical (unpaired) electrons. The number of aromatic nitrogens is 1.